The molecule has 0 aliphatic carbocycles. The molecule has 0 saturated carbocycles. The van der Waals surface area contributed by atoms with E-state index in [4.69, 9.17) is 4.98 Å². The summed E-state index contributed by atoms with van der Waals surface area (Å²) in [4.78, 5) is 25.6. The Balaban J connectivity index is 1.42. The van der Waals surface area contributed by atoms with E-state index in [0.29, 0.717) is 6.42 Å². The Hall–Kier alpha value is -3.18. The van der Waals surface area contributed by atoms with E-state index in [1.807, 2.05) is 17.0 Å². The van der Waals surface area contributed by atoms with Crippen LogP contribution in [0, 0.1) is 6.92 Å². The van der Waals surface area contributed by atoms with E-state index in [-0.39, 0.29) is 5.91 Å². The number of nitrogens with one attached hydrogen (secondary N) is 1. The quantitative estimate of drug-likeness (QED) is 0.499. The fourth-order valence-electron chi connectivity index (χ4n) is 4.68. The van der Waals surface area contributed by atoms with Crippen molar-refractivity contribution in [1.29, 1.82) is 0 Å². The number of likely N-dealkylation sites (N-methyl/N-ethyl adjacent to an activating group) is 1. The molecule has 0 radical (unpaired) electrons. The van der Waals surface area contributed by atoms with Crippen LogP contribution in [0.25, 0.3) is 33.2 Å². The molecule has 1 saturated heterocycles. The molecule has 0 spiro atoms. The largest absolute Gasteiger partial charge is 0.353 e. The first kappa shape index (κ1) is 20.7. The molecule has 32 heavy (non-hydrogen) atoms. The van der Waals surface area contributed by atoms with Crippen molar-refractivity contribution >= 4 is 27.7 Å². The Kier molecular flexibility index (Phi) is 5.66. The number of para-hydroxylation sites is 1. The number of pyridine rings is 1. The Morgan fingerprint density at radius 1 is 1.03 bits per heavy atom. The number of hydrogen-bond donors (Lipinski definition) is 1. The lowest BCUT2D eigenvalue weighted by molar-refractivity contribution is -0.132. The third-order valence-corrected chi connectivity index (χ3v) is 6.59. The summed E-state index contributed by atoms with van der Waals surface area (Å²) in [6.07, 6.45) is 2.28. The van der Waals surface area contributed by atoms with Crippen molar-refractivity contribution in [3.05, 3.63) is 65.7 Å². The number of fused-ring (bicyclic) bond motifs is 2. The monoisotopic (exact) mass is 426 g/mol. The number of piperazine rings is 1. The summed E-state index contributed by atoms with van der Waals surface area (Å²) in [5, 5.41) is 2.38. The molecule has 3 heterocycles. The van der Waals surface area contributed by atoms with Gasteiger partial charge in [-0.2, -0.15) is 0 Å². The second kappa shape index (κ2) is 8.75. The average molecular weight is 427 g/mol. The molecule has 1 amide bonds. The number of aryl methyl sites for hydroxylation is 2. The molecule has 0 atom stereocenters. The van der Waals surface area contributed by atoms with Gasteiger partial charge in [0.2, 0.25) is 5.91 Å². The number of benzene rings is 2. The normalized spacial score (nSPS) is 15.0. The van der Waals surface area contributed by atoms with Gasteiger partial charge < -0.3 is 14.8 Å². The van der Waals surface area contributed by atoms with Gasteiger partial charge in [-0.25, -0.2) is 4.98 Å². The van der Waals surface area contributed by atoms with Gasteiger partial charge in [-0.05, 0) is 56.6 Å². The van der Waals surface area contributed by atoms with Gasteiger partial charge in [0.15, 0.2) is 0 Å². The molecule has 1 aliphatic rings. The minimum atomic E-state index is 0.277. The molecule has 5 heteroatoms. The number of nitrogens with zero attached hydrogens (tertiary/aromatic N) is 3. The number of aromatic amines is 1. The Morgan fingerprint density at radius 3 is 2.69 bits per heavy atom. The topological polar surface area (TPSA) is 52.2 Å². The number of carbonyl (C=O) groups excluding carboxylic acids is 1. The minimum absolute atomic E-state index is 0.277. The Labute approximate surface area is 189 Å². The van der Waals surface area contributed by atoms with Gasteiger partial charge >= 0.3 is 0 Å². The molecule has 1 N–H and O–H groups in total. The fourth-order valence-corrected chi connectivity index (χ4v) is 4.68. The molecule has 5 rings (SSSR count). The zero-order valence-corrected chi connectivity index (χ0v) is 18.9. The number of rotatable bonds is 5. The van der Waals surface area contributed by atoms with Crippen molar-refractivity contribution in [3.63, 3.8) is 0 Å². The molecule has 0 unspecified atom stereocenters. The SMILES string of the molecule is Cc1ccc2[nH]c(-c3ccc4ccccc4n3)c(CCCC(=O)N3CCN(C)CC3)c2c1. The number of carbonyl (C=O) groups is 1. The van der Waals surface area contributed by atoms with Crippen LogP contribution in [0.15, 0.2) is 54.6 Å². The summed E-state index contributed by atoms with van der Waals surface area (Å²) >= 11 is 0. The lowest BCUT2D eigenvalue weighted by Gasteiger charge is -2.32. The molecule has 1 fully saturated rings. The minimum Gasteiger partial charge on any atom is -0.353 e. The Bertz CT molecular complexity index is 1270. The van der Waals surface area contributed by atoms with Gasteiger partial charge in [0, 0.05) is 48.9 Å². The van der Waals surface area contributed by atoms with E-state index in [2.05, 4.69) is 66.3 Å². The van der Waals surface area contributed by atoms with Gasteiger partial charge in [0.05, 0.1) is 16.9 Å². The van der Waals surface area contributed by atoms with Crippen LogP contribution < -0.4 is 0 Å². The van der Waals surface area contributed by atoms with Crippen LogP contribution in [0.3, 0.4) is 0 Å². The van der Waals surface area contributed by atoms with Crippen LogP contribution in [0.5, 0.6) is 0 Å². The van der Waals surface area contributed by atoms with Crippen molar-refractivity contribution in [1.82, 2.24) is 19.8 Å². The molecule has 2 aromatic heterocycles. The van der Waals surface area contributed by atoms with E-state index < -0.39 is 0 Å². The van der Waals surface area contributed by atoms with Crippen LogP contribution >= 0.6 is 0 Å². The van der Waals surface area contributed by atoms with Gasteiger partial charge in [-0.3, -0.25) is 4.79 Å². The van der Waals surface area contributed by atoms with Crippen LogP contribution in [-0.2, 0) is 11.2 Å². The first-order chi connectivity index (χ1) is 15.6. The highest BCUT2D eigenvalue weighted by atomic mass is 16.2. The summed E-state index contributed by atoms with van der Waals surface area (Å²) in [5.41, 5.74) is 6.65. The first-order valence-corrected chi connectivity index (χ1v) is 11.5. The van der Waals surface area contributed by atoms with E-state index in [9.17, 15) is 4.79 Å². The average Bonchev–Trinajstić information content (AvgIpc) is 3.17. The highest BCUT2D eigenvalue weighted by Crippen LogP contribution is 2.32. The Morgan fingerprint density at radius 2 is 1.84 bits per heavy atom. The van der Waals surface area contributed by atoms with Crippen molar-refractivity contribution < 1.29 is 4.79 Å². The van der Waals surface area contributed by atoms with Crippen LogP contribution in [0.1, 0.15) is 24.0 Å². The lowest BCUT2D eigenvalue weighted by Crippen LogP contribution is -2.47. The summed E-state index contributed by atoms with van der Waals surface area (Å²) in [6.45, 7) is 5.74. The maximum absolute atomic E-state index is 12.7. The van der Waals surface area contributed by atoms with Crippen LogP contribution in [0.2, 0.25) is 0 Å². The number of aromatic nitrogens is 2. The van der Waals surface area contributed by atoms with Crippen molar-refractivity contribution in [2.45, 2.75) is 26.2 Å². The zero-order chi connectivity index (χ0) is 22.1. The van der Waals surface area contributed by atoms with Gasteiger partial charge in [-0.1, -0.05) is 35.9 Å². The van der Waals surface area contributed by atoms with Gasteiger partial charge in [0.25, 0.3) is 0 Å². The number of H-pyrrole nitrogens is 1. The first-order valence-electron chi connectivity index (χ1n) is 11.5. The molecule has 2 aromatic carbocycles. The summed E-state index contributed by atoms with van der Waals surface area (Å²) < 4.78 is 0. The van der Waals surface area contributed by atoms with Crippen molar-refractivity contribution in [3.8, 4) is 11.4 Å². The molecule has 4 aromatic rings. The molecule has 0 bridgehead atoms. The second-order valence-corrected chi connectivity index (χ2v) is 8.95. The fraction of sp³-hybridized carbons (Fsp3) is 0.333. The highest BCUT2D eigenvalue weighted by molar-refractivity contribution is 5.92. The zero-order valence-electron chi connectivity index (χ0n) is 18.9. The van der Waals surface area contributed by atoms with Crippen LogP contribution in [0.4, 0.5) is 0 Å². The molecule has 164 valence electrons. The predicted octanol–water partition coefficient (Wildman–Crippen LogP) is 4.79. The van der Waals surface area contributed by atoms with Gasteiger partial charge in [0.1, 0.15) is 0 Å². The van der Waals surface area contributed by atoms with E-state index in [1.54, 1.807) is 0 Å². The van der Waals surface area contributed by atoms with Gasteiger partial charge in [-0.15, -0.1) is 0 Å². The maximum atomic E-state index is 12.7. The van der Waals surface area contributed by atoms with Crippen molar-refractivity contribution in [2.75, 3.05) is 33.2 Å². The predicted molar refractivity (Wildman–Crippen MR) is 131 cm³/mol. The number of hydrogen-bond acceptors (Lipinski definition) is 3. The summed E-state index contributed by atoms with van der Waals surface area (Å²) in [5.74, 6) is 0.277. The standard InChI is InChI=1S/C27H30N4O/c1-19-10-12-24-22(18-19)21(7-5-9-26(32)31-16-14-30(2)15-17-31)27(29-24)25-13-11-20-6-3-4-8-23(20)28-25/h3-4,6,8,10-13,18,29H,5,7,9,14-17H2,1-2H3. The molecule has 5 nitrogen and oxygen atoms in total. The summed E-state index contributed by atoms with van der Waals surface area (Å²) in [6, 6.07) is 19.0. The van der Waals surface area contributed by atoms with Crippen LogP contribution in [-0.4, -0.2) is 58.9 Å². The van der Waals surface area contributed by atoms with E-state index in [0.717, 1.165) is 66.8 Å². The van der Waals surface area contributed by atoms with E-state index >= 15 is 0 Å². The smallest absolute Gasteiger partial charge is 0.222 e. The maximum Gasteiger partial charge on any atom is 0.222 e. The summed E-state index contributed by atoms with van der Waals surface area (Å²) in [7, 11) is 2.11. The molecular formula is C27H30N4O. The van der Waals surface area contributed by atoms with Crippen molar-refractivity contribution in [2.24, 2.45) is 0 Å². The third kappa shape index (κ3) is 4.13. The molecule has 1 aliphatic heterocycles. The molecular weight excluding hydrogens is 396 g/mol. The number of amides is 1. The lowest BCUT2D eigenvalue weighted by atomic mass is 10.0. The van der Waals surface area contributed by atoms with E-state index in [1.165, 1.54) is 16.5 Å². The highest BCUT2D eigenvalue weighted by Gasteiger charge is 2.20. The third-order valence-electron chi connectivity index (χ3n) is 6.59. The second-order valence-electron chi connectivity index (χ2n) is 8.95.